The maximum absolute atomic E-state index is 13.7. The van der Waals surface area contributed by atoms with E-state index in [2.05, 4.69) is 4.72 Å². The molecule has 0 amide bonds. The molecule has 0 bridgehead atoms. The minimum absolute atomic E-state index is 0.224. The van der Waals surface area contributed by atoms with Crippen LogP contribution in [-0.4, -0.2) is 8.42 Å². The number of nitrogens with one attached hydrogen (secondary N) is 1. The molecule has 0 radical (unpaired) electrons. The van der Waals surface area contributed by atoms with Gasteiger partial charge in [-0.3, -0.25) is 0 Å². The Kier molecular flexibility index (Phi) is 7.21. The Morgan fingerprint density at radius 1 is 0.758 bits per heavy atom. The second kappa shape index (κ2) is 10.1. The summed E-state index contributed by atoms with van der Waals surface area (Å²) in [5.41, 5.74) is 9.68. The summed E-state index contributed by atoms with van der Waals surface area (Å²) in [7, 11) is -3.86. The van der Waals surface area contributed by atoms with Crippen LogP contribution >= 0.6 is 0 Å². The summed E-state index contributed by atoms with van der Waals surface area (Å²) in [6.07, 6.45) is 0. The van der Waals surface area contributed by atoms with Gasteiger partial charge in [-0.15, -0.1) is 0 Å². The molecule has 0 spiro atoms. The predicted octanol–water partition coefficient (Wildman–Crippen LogP) is 4.23. The zero-order valence-electron chi connectivity index (χ0n) is 18.2. The first-order valence-corrected chi connectivity index (χ1v) is 13.8. The van der Waals surface area contributed by atoms with E-state index in [1.807, 2.05) is 97.9 Å². The molecule has 33 heavy (non-hydrogen) atoms. The van der Waals surface area contributed by atoms with Crippen LogP contribution in [0.4, 0.5) is 0 Å². The summed E-state index contributed by atoms with van der Waals surface area (Å²) in [6, 6.07) is 35.7. The monoisotopic (exact) mass is 544 g/mol. The molecule has 2 atom stereocenters. The SMILES string of the molecule is Cc1ccc(S(=O)(=O)N[C@@]([Ru][c]2ccccc2)(c2ccccc2)[C@H](N)c2ccccc2)cc1. The number of benzene rings is 4. The molecule has 0 heterocycles. The number of aryl methyl sites for hydroxylation is 1. The molecular weight excluding hydrogens is 517 g/mol. The van der Waals surface area contributed by atoms with Gasteiger partial charge in [0.15, 0.2) is 0 Å². The van der Waals surface area contributed by atoms with Crippen molar-refractivity contribution in [3.63, 3.8) is 0 Å². The van der Waals surface area contributed by atoms with Crippen LogP contribution < -0.4 is 14.6 Å². The fraction of sp³-hybridized carbons (Fsp3) is 0.111. The van der Waals surface area contributed by atoms with Gasteiger partial charge in [-0.1, -0.05) is 0 Å². The van der Waals surface area contributed by atoms with Crippen molar-refractivity contribution < 1.29 is 25.5 Å². The third-order valence-corrected chi connectivity index (χ3v) is 10.1. The van der Waals surface area contributed by atoms with Crippen LogP contribution in [0.3, 0.4) is 0 Å². The second-order valence-corrected chi connectivity index (χ2v) is 12.2. The fourth-order valence-corrected chi connectivity index (χ4v) is 8.35. The quantitative estimate of drug-likeness (QED) is 0.327. The molecule has 0 saturated heterocycles. The third kappa shape index (κ3) is 5.31. The second-order valence-electron chi connectivity index (χ2n) is 7.74. The Morgan fingerprint density at radius 3 is 1.85 bits per heavy atom. The fourth-order valence-electron chi connectivity index (χ4n) is 3.59. The molecule has 0 aliphatic carbocycles. The Labute approximate surface area is 203 Å². The molecule has 3 N–H and O–H groups in total. The van der Waals surface area contributed by atoms with Crippen molar-refractivity contribution in [3.05, 3.63) is 132 Å². The van der Waals surface area contributed by atoms with Gasteiger partial charge in [-0.05, 0) is 0 Å². The van der Waals surface area contributed by atoms with Gasteiger partial charge in [0, 0.05) is 0 Å². The van der Waals surface area contributed by atoms with Crippen LogP contribution in [0.1, 0.15) is 22.7 Å². The minimum atomic E-state index is -3.86. The van der Waals surface area contributed by atoms with Crippen molar-refractivity contribution in [3.8, 4) is 0 Å². The van der Waals surface area contributed by atoms with E-state index in [9.17, 15) is 8.42 Å². The van der Waals surface area contributed by atoms with Crippen LogP contribution in [0.2, 0.25) is 0 Å². The number of rotatable bonds is 8. The van der Waals surface area contributed by atoms with Crippen LogP contribution in [0.15, 0.2) is 120 Å². The molecule has 0 aliphatic heterocycles. The average Bonchev–Trinajstić information content (AvgIpc) is 2.85. The first-order valence-electron chi connectivity index (χ1n) is 10.6. The van der Waals surface area contributed by atoms with Crippen molar-refractivity contribution in [2.24, 2.45) is 5.73 Å². The molecule has 0 unspecified atom stereocenters. The van der Waals surface area contributed by atoms with E-state index in [0.29, 0.717) is 0 Å². The Bertz CT molecular complexity index is 1280. The molecule has 4 aromatic carbocycles. The van der Waals surface area contributed by atoms with Crippen LogP contribution in [-0.2, 0) is 31.3 Å². The van der Waals surface area contributed by atoms with Gasteiger partial charge < -0.3 is 0 Å². The van der Waals surface area contributed by atoms with E-state index >= 15 is 0 Å². The molecule has 170 valence electrons. The Hall–Kier alpha value is -2.63. The van der Waals surface area contributed by atoms with Gasteiger partial charge >= 0.3 is 204 Å². The van der Waals surface area contributed by atoms with Crippen molar-refractivity contribution in [1.29, 1.82) is 0 Å². The zero-order valence-corrected chi connectivity index (χ0v) is 20.8. The van der Waals surface area contributed by atoms with Gasteiger partial charge in [0.25, 0.3) is 0 Å². The topological polar surface area (TPSA) is 72.2 Å². The molecule has 6 heteroatoms. The molecule has 4 aromatic rings. The summed E-state index contributed by atoms with van der Waals surface area (Å²) >= 11 is -0.707. The summed E-state index contributed by atoms with van der Waals surface area (Å²) in [6.45, 7) is 1.93. The van der Waals surface area contributed by atoms with Gasteiger partial charge in [0.05, 0.1) is 0 Å². The number of hydrogen-bond donors (Lipinski definition) is 2. The molecular formula is C27H26N2O2RuS. The third-order valence-electron chi connectivity index (χ3n) is 5.34. The zero-order chi connectivity index (χ0) is 23.3. The summed E-state index contributed by atoms with van der Waals surface area (Å²) in [5, 5.41) is 0. The van der Waals surface area contributed by atoms with E-state index < -0.39 is 37.3 Å². The van der Waals surface area contributed by atoms with Crippen molar-refractivity contribution >= 4 is 14.2 Å². The number of sulfonamides is 1. The van der Waals surface area contributed by atoms with Gasteiger partial charge in [0.1, 0.15) is 0 Å². The predicted molar refractivity (Wildman–Crippen MR) is 129 cm³/mol. The number of nitrogens with two attached hydrogens (primary N) is 1. The summed E-state index contributed by atoms with van der Waals surface area (Å²) in [4.78, 5) is 0.224. The van der Waals surface area contributed by atoms with E-state index in [0.717, 1.165) is 20.8 Å². The molecule has 0 aliphatic rings. The van der Waals surface area contributed by atoms with Crippen LogP contribution in [0.25, 0.3) is 0 Å². The normalized spacial score (nSPS) is 14.5. The van der Waals surface area contributed by atoms with Crippen LogP contribution in [0, 0.1) is 6.92 Å². The number of hydrogen-bond acceptors (Lipinski definition) is 3. The molecule has 4 rings (SSSR count). The van der Waals surface area contributed by atoms with Gasteiger partial charge in [-0.25, -0.2) is 0 Å². The van der Waals surface area contributed by atoms with Crippen molar-refractivity contribution in [2.45, 2.75) is 22.0 Å². The Balaban J connectivity index is 1.91. The first-order chi connectivity index (χ1) is 15.9. The standard InChI is InChI=1S/C21H21N2O2S.C6H5.Ru/c1-16-12-14-19(15-13-16)26(24,25)23-21(18-10-6-3-7-11-18)20(22)17-8-4-2-5-9-17;1-2-4-6-5-3-1;/h2-15,20,23H,22H2,1H3;1-5H;/t20-;;/m1../s1. The molecule has 0 saturated carbocycles. The Morgan fingerprint density at radius 2 is 1.27 bits per heavy atom. The molecule has 4 nitrogen and oxygen atoms in total. The van der Waals surface area contributed by atoms with Gasteiger partial charge in [0.2, 0.25) is 0 Å². The van der Waals surface area contributed by atoms with Crippen LogP contribution in [0.5, 0.6) is 0 Å². The molecule has 0 fully saturated rings. The van der Waals surface area contributed by atoms with Gasteiger partial charge in [-0.2, -0.15) is 0 Å². The molecule has 0 aromatic heterocycles. The summed E-state index contributed by atoms with van der Waals surface area (Å²) < 4.78 is 30.6. The average molecular weight is 544 g/mol. The van der Waals surface area contributed by atoms with E-state index in [4.69, 9.17) is 5.73 Å². The summed E-state index contributed by atoms with van der Waals surface area (Å²) in [5.74, 6) is 0. The van der Waals surface area contributed by atoms with E-state index in [1.54, 1.807) is 24.3 Å². The van der Waals surface area contributed by atoms with E-state index in [1.165, 1.54) is 0 Å². The van der Waals surface area contributed by atoms with E-state index in [-0.39, 0.29) is 4.90 Å². The van der Waals surface area contributed by atoms with Crippen molar-refractivity contribution in [1.82, 2.24) is 4.72 Å². The first kappa shape index (κ1) is 23.5. The van der Waals surface area contributed by atoms with Crippen molar-refractivity contribution in [2.75, 3.05) is 0 Å². The maximum atomic E-state index is 13.7.